The number of nitrogens with zero attached hydrogens (tertiary/aromatic N) is 4. The summed E-state index contributed by atoms with van der Waals surface area (Å²) < 4.78 is 0. The zero-order valence-corrected chi connectivity index (χ0v) is 15.3. The maximum atomic E-state index is 12.6. The lowest BCUT2D eigenvalue weighted by Crippen LogP contribution is -2.11. The Kier molecular flexibility index (Phi) is 4.15. The number of hydrogen-bond donors (Lipinski definition) is 3. The van der Waals surface area contributed by atoms with Gasteiger partial charge in [-0.15, -0.1) is 21.5 Å². The van der Waals surface area contributed by atoms with Gasteiger partial charge in [-0.3, -0.25) is 10.1 Å². The molecule has 0 aliphatic carbocycles. The number of benzene rings is 1. The minimum absolute atomic E-state index is 0.106. The van der Waals surface area contributed by atoms with E-state index in [-0.39, 0.29) is 21.9 Å². The van der Waals surface area contributed by atoms with E-state index in [1.165, 1.54) is 11.3 Å². The van der Waals surface area contributed by atoms with Crippen molar-refractivity contribution in [2.24, 2.45) is 0 Å². The molecule has 3 heterocycles. The van der Waals surface area contributed by atoms with Gasteiger partial charge in [0.25, 0.3) is 5.91 Å². The first kappa shape index (κ1) is 16.9. The molecular formula is C17H11N7OS2. The summed E-state index contributed by atoms with van der Waals surface area (Å²) in [6, 6.07) is 13.0. The average Bonchev–Trinajstić information content (AvgIpc) is 3.26. The number of thiophene rings is 1. The van der Waals surface area contributed by atoms with Crippen LogP contribution in [0.2, 0.25) is 0 Å². The third-order valence-electron chi connectivity index (χ3n) is 3.74. The molecule has 1 amide bonds. The fourth-order valence-electron chi connectivity index (χ4n) is 2.44. The van der Waals surface area contributed by atoms with E-state index in [0.29, 0.717) is 20.4 Å². The predicted molar refractivity (Wildman–Crippen MR) is 106 cm³/mol. The van der Waals surface area contributed by atoms with Crippen LogP contribution in [0.25, 0.3) is 20.8 Å². The van der Waals surface area contributed by atoms with Gasteiger partial charge in [0, 0.05) is 10.9 Å². The van der Waals surface area contributed by atoms with Gasteiger partial charge in [0.05, 0.1) is 11.3 Å². The third-order valence-corrected chi connectivity index (χ3v) is 5.75. The minimum Gasteiger partial charge on any atom is -0.397 e. The van der Waals surface area contributed by atoms with Gasteiger partial charge in [0.2, 0.25) is 5.13 Å². The Morgan fingerprint density at radius 1 is 1.15 bits per heavy atom. The van der Waals surface area contributed by atoms with Gasteiger partial charge >= 0.3 is 0 Å². The van der Waals surface area contributed by atoms with Crippen molar-refractivity contribution >= 4 is 55.4 Å². The van der Waals surface area contributed by atoms with Crippen molar-refractivity contribution < 1.29 is 4.79 Å². The summed E-state index contributed by atoms with van der Waals surface area (Å²) in [7, 11) is 0. The van der Waals surface area contributed by atoms with E-state index in [2.05, 4.69) is 20.5 Å². The molecule has 4 rings (SSSR count). The summed E-state index contributed by atoms with van der Waals surface area (Å²) >= 11 is 2.37. The summed E-state index contributed by atoms with van der Waals surface area (Å²) in [5.74, 6) is -0.307. The Labute approximate surface area is 161 Å². The molecule has 4 aromatic rings. The molecule has 0 bridgehead atoms. The van der Waals surface area contributed by atoms with E-state index in [4.69, 9.17) is 16.7 Å². The van der Waals surface area contributed by atoms with Crippen LogP contribution in [-0.4, -0.2) is 21.1 Å². The molecule has 1 aromatic carbocycles. The van der Waals surface area contributed by atoms with Crippen LogP contribution in [0.15, 0.2) is 36.4 Å². The summed E-state index contributed by atoms with van der Waals surface area (Å²) in [4.78, 5) is 17.6. The van der Waals surface area contributed by atoms with E-state index < -0.39 is 5.91 Å². The monoisotopic (exact) mass is 393 g/mol. The van der Waals surface area contributed by atoms with Gasteiger partial charge in [0.15, 0.2) is 0 Å². The smallest absolute Gasteiger partial charge is 0.269 e. The molecule has 0 aliphatic rings. The molecule has 5 N–H and O–H groups in total. The normalized spacial score (nSPS) is 10.6. The van der Waals surface area contributed by atoms with E-state index in [1.807, 2.05) is 36.4 Å². The van der Waals surface area contributed by atoms with Crippen molar-refractivity contribution in [2.75, 3.05) is 16.8 Å². The Balaban J connectivity index is 1.63. The average molecular weight is 393 g/mol. The van der Waals surface area contributed by atoms with Crippen molar-refractivity contribution in [1.29, 1.82) is 5.26 Å². The summed E-state index contributed by atoms with van der Waals surface area (Å²) in [6.07, 6.45) is 0. The largest absolute Gasteiger partial charge is 0.397 e. The highest BCUT2D eigenvalue weighted by Gasteiger charge is 2.20. The number of pyridine rings is 1. The number of aromatic nitrogens is 3. The van der Waals surface area contributed by atoms with E-state index >= 15 is 0 Å². The number of carbonyl (C=O) groups excluding carboxylic acids is 1. The van der Waals surface area contributed by atoms with E-state index in [1.54, 1.807) is 6.07 Å². The molecule has 0 saturated heterocycles. The summed E-state index contributed by atoms with van der Waals surface area (Å²) in [6.45, 7) is 0. The van der Waals surface area contributed by atoms with Crippen LogP contribution >= 0.6 is 22.7 Å². The third kappa shape index (κ3) is 3.05. The van der Waals surface area contributed by atoms with Crippen molar-refractivity contribution in [3.05, 3.63) is 46.8 Å². The Hall–Kier alpha value is -3.55. The highest BCUT2D eigenvalue weighted by atomic mass is 32.1. The molecule has 0 unspecified atom stereocenters. The topological polar surface area (TPSA) is 144 Å². The van der Waals surface area contributed by atoms with Crippen molar-refractivity contribution in [1.82, 2.24) is 15.2 Å². The standard InChI is InChI=1S/C17H11N7OS2/c18-7-9-6-10-11(19)12(26-16(10)21-13(9)20)14(25)22-17-24-23-15(27-17)8-4-2-1-3-5-8/h1-6H,19H2,(H2,20,21)(H,22,24,25). The van der Waals surface area contributed by atoms with E-state index in [0.717, 1.165) is 16.9 Å². The van der Waals surface area contributed by atoms with Gasteiger partial charge in [-0.1, -0.05) is 41.7 Å². The van der Waals surface area contributed by atoms with Crippen LogP contribution in [0.4, 0.5) is 16.6 Å². The van der Waals surface area contributed by atoms with Crippen molar-refractivity contribution in [3.63, 3.8) is 0 Å². The van der Waals surface area contributed by atoms with Crippen molar-refractivity contribution in [2.45, 2.75) is 0 Å². The molecule has 3 aromatic heterocycles. The maximum Gasteiger partial charge on any atom is 0.269 e. The van der Waals surface area contributed by atoms with Gasteiger partial charge in [0.1, 0.15) is 26.6 Å². The van der Waals surface area contributed by atoms with Crippen LogP contribution in [0.5, 0.6) is 0 Å². The first-order valence-electron chi connectivity index (χ1n) is 7.65. The Bertz CT molecular complexity index is 1210. The van der Waals surface area contributed by atoms with Gasteiger partial charge < -0.3 is 11.5 Å². The summed E-state index contributed by atoms with van der Waals surface area (Å²) in [5.41, 5.74) is 13.2. The Morgan fingerprint density at radius 2 is 1.93 bits per heavy atom. The first-order chi connectivity index (χ1) is 13.1. The molecule has 0 radical (unpaired) electrons. The number of carbonyl (C=O) groups is 1. The molecular weight excluding hydrogens is 382 g/mol. The van der Waals surface area contributed by atoms with Crippen LogP contribution in [0, 0.1) is 11.3 Å². The second kappa shape index (κ2) is 6.64. The fraction of sp³-hybridized carbons (Fsp3) is 0. The van der Waals surface area contributed by atoms with Crippen molar-refractivity contribution in [3.8, 4) is 16.6 Å². The first-order valence-corrected chi connectivity index (χ1v) is 9.29. The van der Waals surface area contributed by atoms with Crippen LogP contribution in [0.1, 0.15) is 15.2 Å². The van der Waals surface area contributed by atoms with Crippen LogP contribution < -0.4 is 16.8 Å². The molecule has 27 heavy (non-hydrogen) atoms. The molecule has 132 valence electrons. The molecule has 0 spiro atoms. The molecule has 8 nitrogen and oxygen atoms in total. The van der Waals surface area contributed by atoms with Crippen LogP contribution in [-0.2, 0) is 0 Å². The highest BCUT2D eigenvalue weighted by Crippen LogP contribution is 2.35. The minimum atomic E-state index is -0.414. The second-order valence-corrected chi connectivity index (χ2v) is 7.44. The van der Waals surface area contributed by atoms with Gasteiger partial charge in [-0.05, 0) is 6.07 Å². The highest BCUT2D eigenvalue weighted by molar-refractivity contribution is 7.21. The molecule has 10 heteroatoms. The van der Waals surface area contributed by atoms with E-state index in [9.17, 15) is 4.79 Å². The maximum absolute atomic E-state index is 12.6. The second-order valence-electron chi connectivity index (χ2n) is 5.46. The predicted octanol–water partition coefficient (Wildman–Crippen LogP) is 3.10. The molecule has 0 aliphatic heterocycles. The summed E-state index contributed by atoms with van der Waals surface area (Å²) in [5, 5.41) is 21.5. The quantitative estimate of drug-likeness (QED) is 0.485. The number of amides is 1. The number of anilines is 3. The molecule has 0 fully saturated rings. The lowest BCUT2D eigenvalue weighted by Gasteiger charge is -1.99. The number of fused-ring (bicyclic) bond motifs is 1. The zero-order chi connectivity index (χ0) is 19.0. The number of nitriles is 1. The SMILES string of the molecule is N#Cc1cc2c(N)c(C(=O)Nc3nnc(-c4ccccc4)s3)sc2nc1N. The van der Waals surface area contributed by atoms with Crippen LogP contribution in [0.3, 0.4) is 0 Å². The fourth-order valence-corrected chi connectivity index (χ4v) is 4.16. The lowest BCUT2D eigenvalue weighted by molar-refractivity contribution is 0.103. The number of nitrogens with two attached hydrogens (primary N) is 2. The van der Waals surface area contributed by atoms with Gasteiger partial charge in [-0.2, -0.15) is 5.26 Å². The zero-order valence-electron chi connectivity index (χ0n) is 13.6. The number of hydrogen-bond acceptors (Lipinski definition) is 9. The lowest BCUT2D eigenvalue weighted by atomic mass is 10.2. The molecule has 0 saturated carbocycles. The number of nitrogens with one attached hydrogen (secondary N) is 1. The Morgan fingerprint density at radius 3 is 2.67 bits per heavy atom. The number of nitrogen functional groups attached to an aromatic ring is 2. The number of rotatable bonds is 3. The van der Waals surface area contributed by atoms with Gasteiger partial charge in [-0.25, -0.2) is 4.98 Å². The molecule has 0 atom stereocenters.